The fourth-order valence-electron chi connectivity index (χ4n) is 2.10. The van der Waals surface area contributed by atoms with E-state index in [4.69, 9.17) is 4.52 Å². The van der Waals surface area contributed by atoms with Gasteiger partial charge in [0.1, 0.15) is 12.0 Å². The molecule has 0 fully saturated rings. The van der Waals surface area contributed by atoms with Crippen molar-refractivity contribution in [2.75, 3.05) is 6.26 Å². The van der Waals surface area contributed by atoms with E-state index in [9.17, 15) is 0 Å². The molecular formula is C16H13NOS. The highest BCUT2D eigenvalue weighted by atomic mass is 32.2. The average molecular weight is 267 g/mol. The molecule has 1 heterocycles. The van der Waals surface area contributed by atoms with E-state index in [1.54, 1.807) is 18.0 Å². The molecular weight excluding hydrogens is 254 g/mol. The minimum Gasteiger partial charge on any atom is -0.363 e. The molecule has 0 spiro atoms. The van der Waals surface area contributed by atoms with Crippen molar-refractivity contribution in [3.63, 3.8) is 0 Å². The van der Waals surface area contributed by atoms with E-state index < -0.39 is 0 Å². The van der Waals surface area contributed by atoms with Crippen LogP contribution in [0.5, 0.6) is 0 Å². The highest BCUT2D eigenvalue weighted by molar-refractivity contribution is 7.98. The van der Waals surface area contributed by atoms with Gasteiger partial charge in [0.25, 0.3) is 0 Å². The lowest BCUT2D eigenvalue weighted by Gasteiger charge is -2.06. The summed E-state index contributed by atoms with van der Waals surface area (Å²) in [6, 6.07) is 18.4. The third-order valence-electron chi connectivity index (χ3n) is 3.01. The van der Waals surface area contributed by atoms with Gasteiger partial charge in [0, 0.05) is 16.0 Å². The minimum atomic E-state index is 0.891. The summed E-state index contributed by atoms with van der Waals surface area (Å²) >= 11 is 1.73. The molecule has 3 aromatic rings. The lowest BCUT2D eigenvalue weighted by atomic mass is 10.0. The Morgan fingerprint density at radius 2 is 1.63 bits per heavy atom. The highest BCUT2D eigenvalue weighted by Gasteiger charge is 2.14. The fraction of sp³-hybridized carbons (Fsp3) is 0.0625. The fourth-order valence-corrected chi connectivity index (χ4v) is 2.71. The Bertz CT molecular complexity index is 676. The Hall–Kier alpha value is -2.00. The zero-order valence-corrected chi connectivity index (χ0v) is 11.4. The maximum Gasteiger partial charge on any atom is 0.132 e. The van der Waals surface area contributed by atoms with Gasteiger partial charge in [-0.15, -0.1) is 11.8 Å². The van der Waals surface area contributed by atoms with Gasteiger partial charge in [-0.3, -0.25) is 0 Å². The van der Waals surface area contributed by atoms with E-state index in [0.29, 0.717) is 0 Å². The molecule has 19 heavy (non-hydrogen) atoms. The van der Waals surface area contributed by atoms with Crippen molar-refractivity contribution < 1.29 is 4.52 Å². The van der Waals surface area contributed by atoms with Crippen LogP contribution in [0.2, 0.25) is 0 Å². The normalized spacial score (nSPS) is 10.6. The van der Waals surface area contributed by atoms with Gasteiger partial charge in [0.2, 0.25) is 0 Å². The van der Waals surface area contributed by atoms with Crippen LogP contribution in [0.15, 0.2) is 70.3 Å². The lowest BCUT2D eigenvalue weighted by molar-refractivity contribution is 0.422. The Balaban J connectivity index is 2.15. The van der Waals surface area contributed by atoms with Crippen molar-refractivity contribution in [3.05, 3.63) is 60.9 Å². The van der Waals surface area contributed by atoms with Gasteiger partial charge in [0.05, 0.1) is 5.56 Å². The monoisotopic (exact) mass is 267 g/mol. The van der Waals surface area contributed by atoms with Crippen LogP contribution >= 0.6 is 11.8 Å². The summed E-state index contributed by atoms with van der Waals surface area (Å²) in [6.07, 6.45) is 3.80. The number of benzene rings is 2. The van der Waals surface area contributed by atoms with Gasteiger partial charge in [-0.25, -0.2) is 0 Å². The summed E-state index contributed by atoms with van der Waals surface area (Å²) in [4.78, 5) is 1.22. The SMILES string of the molecule is CSc1ccccc1-c1conc1-c1ccccc1. The topological polar surface area (TPSA) is 26.0 Å². The number of aromatic nitrogens is 1. The summed E-state index contributed by atoms with van der Waals surface area (Å²) < 4.78 is 5.19. The molecule has 0 atom stereocenters. The van der Waals surface area contributed by atoms with Crippen LogP contribution in [-0.2, 0) is 0 Å². The van der Waals surface area contributed by atoms with Crippen molar-refractivity contribution in [2.45, 2.75) is 4.90 Å². The molecule has 0 bridgehead atoms. The summed E-state index contributed by atoms with van der Waals surface area (Å²) in [5.74, 6) is 0. The molecule has 0 saturated heterocycles. The minimum absolute atomic E-state index is 0.891. The first-order chi connectivity index (χ1) is 9.40. The first-order valence-corrected chi connectivity index (χ1v) is 7.26. The quantitative estimate of drug-likeness (QED) is 0.642. The molecule has 3 heteroatoms. The summed E-state index contributed by atoms with van der Waals surface area (Å²) in [6.45, 7) is 0. The van der Waals surface area contributed by atoms with Crippen LogP contribution in [0, 0.1) is 0 Å². The number of thioether (sulfide) groups is 1. The molecule has 0 aliphatic rings. The van der Waals surface area contributed by atoms with Gasteiger partial charge in [0.15, 0.2) is 0 Å². The van der Waals surface area contributed by atoms with Crippen LogP contribution in [0.1, 0.15) is 0 Å². The van der Waals surface area contributed by atoms with Crippen molar-refractivity contribution in [1.29, 1.82) is 0 Å². The number of hydrogen-bond acceptors (Lipinski definition) is 3. The third-order valence-corrected chi connectivity index (χ3v) is 3.81. The molecule has 0 N–H and O–H groups in total. The predicted octanol–water partition coefficient (Wildman–Crippen LogP) is 4.73. The molecule has 0 radical (unpaired) electrons. The molecule has 2 aromatic carbocycles. The molecule has 0 aliphatic heterocycles. The van der Waals surface area contributed by atoms with E-state index in [-0.39, 0.29) is 0 Å². The number of nitrogens with zero attached hydrogens (tertiary/aromatic N) is 1. The van der Waals surface area contributed by atoms with Crippen molar-refractivity contribution in [2.24, 2.45) is 0 Å². The van der Waals surface area contributed by atoms with Crippen LogP contribution in [0.4, 0.5) is 0 Å². The second kappa shape index (κ2) is 5.33. The van der Waals surface area contributed by atoms with E-state index in [0.717, 1.165) is 22.4 Å². The molecule has 2 nitrogen and oxygen atoms in total. The van der Waals surface area contributed by atoms with Crippen molar-refractivity contribution >= 4 is 11.8 Å². The van der Waals surface area contributed by atoms with Gasteiger partial charge >= 0.3 is 0 Å². The first kappa shape index (κ1) is 12.1. The molecule has 0 aliphatic carbocycles. The van der Waals surface area contributed by atoms with Gasteiger partial charge < -0.3 is 4.52 Å². The Labute approximate surface area is 116 Å². The summed E-state index contributed by atoms with van der Waals surface area (Å²) in [5.41, 5.74) is 4.16. The Kier molecular flexibility index (Phi) is 3.38. The lowest BCUT2D eigenvalue weighted by Crippen LogP contribution is -1.84. The maximum atomic E-state index is 5.19. The standard InChI is InChI=1S/C16H13NOS/c1-19-15-10-6-5-9-13(15)14-11-18-17-16(14)12-7-3-2-4-8-12/h2-11H,1H3. The zero-order valence-electron chi connectivity index (χ0n) is 10.5. The van der Waals surface area contributed by atoms with Crippen molar-refractivity contribution in [1.82, 2.24) is 5.16 Å². The molecule has 0 amide bonds. The third kappa shape index (κ3) is 2.29. The van der Waals surface area contributed by atoms with E-state index in [1.807, 2.05) is 42.5 Å². The van der Waals surface area contributed by atoms with E-state index in [1.165, 1.54) is 4.90 Å². The van der Waals surface area contributed by atoms with E-state index in [2.05, 4.69) is 23.5 Å². The number of hydrogen-bond donors (Lipinski definition) is 0. The predicted molar refractivity (Wildman–Crippen MR) is 79.2 cm³/mol. The second-order valence-corrected chi connectivity index (χ2v) is 4.99. The summed E-state index contributed by atoms with van der Waals surface area (Å²) in [7, 11) is 0. The van der Waals surface area contributed by atoms with Crippen LogP contribution < -0.4 is 0 Å². The average Bonchev–Trinajstić information content (AvgIpc) is 2.97. The van der Waals surface area contributed by atoms with Crippen molar-refractivity contribution in [3.8, 4) is 22.4 Å². The largest absolute Gasteiger partial charge is 0.363 e. The molecule has 0 saturated carbocycles. The number of rotatable bonds is 3. The molecule has 3 rings (SSSR count). The first-order valence-electron chi connectivity index (χ1n) is 6.03. The highest BCUT2D eigenvalue weighted by Crippen LogP contribution is 2.36. The zero-order chi connectivity index (χ0) is 13.1. The van der Waals surface area contributed by atoms with Crippen LogP contribution in [0.3, 0.4) is 0 Å². The van der Waals surface area contributed by atoms with Crippen LogP contribution in [0.25, 0.3) is 22.4 Å². The molecule has 1 aromatic heterocycles. The molecule has 0 unspecified atom stereocenters. The Morgan fingerprint density at radius 3 is 2.42 bits per heavy atom. The smallest absolute Gasteiger partial charge is 0.132 e. The van der Waals surface area contributed by atoms with Gasteiger partial charge in [-0.05, 0) is 12.3 Å². The summed E-state index contributed by atoms with van der Waals surface area (Å²) in [5, 5.41) is 4.15. The second-order valence-electron chi connectivity index (χ2n) is 4.14. The van der Waals surface area contributed by atoms with E-state index >= 15 is 0 Å². The van der Waals surface area contributed by atoms with Crippen LogP contribution in [-0.4, -0.2) is 11.4 Å². The van der Waals surface area contributed by atoms with Gasteiger partial charge in [-0.1, -0.05) is 53.7 Å². The Morgan fingerprint density at radius 1 is 0.895 bits per heavy atom. The molecule has 94 valence electrons. The maximum absolute atomic E-state index is 5.19. The van der Waals surface area contributed by atoms with Gasteiger partial charge in [-0.2, -0.15) is 0 Å².